The average molecular weight is 229 g/mol. The molecule has 1 fully saturated rings. The summed E-state index contributed by atoms with van der Waals surface area (Å²) in [7, 11) is 0. The van der Waals surface area contributed by atoms with E-state index in [9.17, 15) is 4.79 Å². The van der Waals surface area contributed by atoms with Gasteiger partial charge in [0.15, 0.2) is 0 Å². The number of H-pyrrole nitrogens is 1. The lowest BCUT2D eigenvalue weighted by atomic mass is 10.2. The third-order valence-electron chi connectivity index (χ3n) is 3.27. The first-order chi connectivity index (χ1) is 8.24. The van der Waals surface area contributed by atoms with Crippen LogP contribution in [-0.4, -0.2) is 28.9 Å². The van der Waals surface area contributed by atoms with Gasteiger partial charge in [0, 0.05) is 29.7 Å². The first-order valence-corrected chi connectivity index (χ1v) is 5.91. The number of nitrogens with one attached hydrogen (secondary N) is 1. The lowest BCUT2D eigenvalue weighted by Gasteiger charge is -2.13. The Labute approximate surface area is 99.4 Å². The molecule has 1 amide bonds. The van der Waals surface area contributed by atoms with Gasteiger partial charge in [0.2, 0.25) is 0 Å². The highest BCUT2D eigenvalue weighted by atomic mass is 16.2. The molecule has 88 valence electrons. The van der Waals surface area contributed by atoms with Gasteiger partial charge < -0.3 is 15.6 Å². The Balaban J connectivity index is 1.97. The number of nitrogens with zero attached hydrogens (tertiary/aromatic N) is 1. The summed E-state index contributed by atoms with van der Waals surface area (Å²) in [6.07, 6.45) is 2.22. The second-order valence-corrected chi connectivity index (χ2v) is 4.53. The number of carbonyl (C=O) groups excluding carboxylic acids is 1. The second-order valence-electron chi connectivity index (χ2n) is 4.53. The van der Waals surface area contributed by atoms with E-state index in [1.807, 2.05) is 29.2 Å². The van der Waals surface area contributed by atoms with E-state index in [1.54, 1.807) is 0 Å². The highest BCUT2D eigenvalue weighted by molar-refractivity contribution is 5.98. The molecule has 3 N–H and O–H groups in total. The maximum Gasteiger partial charge on any atom is 0.270 e. The Morgan fingerprint density at radius 1 is 1.24 bits per heavy atom. The Bertz CT molecular complexity index is 567. The van der Waals surface area contributed by atoms with Crippen molar-refractivity contribution >= 4 is 22.5 Å². The molecule has 0 aliphatic carbocycles. The van der Waals surface area contributed by atoms with Crippen LogP contribution in [0.25, 0.3) is 10.9 Å². The van der Waals surface area contributed by atoms with Gasteiger partial charge in [-0.25, -0.2) is 0 Å². The molecule has 0 bridgehead atoms. The van der Waals surface area contributed by atoms with E-state index in [2.05, 4.69) is 4.98 Å². The van der Waals surface area contributed by atoms with Crippen molar-refractivity contribution in [3.63, 3.8) is 0 Å². The molecule has 1 aliphatic rings. The minimum Gasteiger partial charge on any atom is -0.399 e. The van der Waals surface area contributed by atoms with Crippen molar-refractivity contribution in [2.45, 2.75) is 12.8 Å². The van der Waals surface area contributed by atoms with Gasteiger partial charge in [-0.2, -0.15) is 0 Å². The molecule has 0 radical (unpaired) electrons. The highest BCUT2D eigenvalue weighted by Gasteiger charge is 2.20. The summed E-state index contributed by atoms with van der Waals surface area (Å²) in [5.74, 6) is 0.0947. The van der Waals surface area contributed by atoms with Crippen LogP contribution in [0.1, 0.15) is 23.3 Å². The number of hydrogen-bond donors (Lipinski definition) is 2. The lowest BCUT2D eigenvalue weighted by Crippen LogP contribution is -2.27. The summed E-state index contributed by atoms with van der Waals surface area (Å²) in [6.45, 7) is 1.74. The number of fused-ring (bicyclic) bond motifs is 1. The first kappa shape index (κ1) is 10.2. The zero-order chi connectivity index (χ0) is 11.8. The number of rotatable bonds is 1. The highest BCUT2D eigenvalue weighted by Crippen LogP contribution is 2.20. The van der Waals surface area contributed by atoms with Gasteiger partial charge >= 0.3 is 0 Å². The smallest absolute Gasteiger partial charge is 0.270 e. The van der Waals surface area contributed by atoms with E-state index in [0.717, 1.165) is 42.5 Å². The van der Waals surface area contributed by atoms with E-state index in [4.69, 9.17) is 5.73 Å². The number of nitrogens with two attached hydrogens (primary N) is 1. The van der Waals surface area contributed by atoms with Crippen LogP contribution >= 0.6 is 0 Å². The van der Waals surface area contributed by atoms with Crippen molar-refractivity contribution in [2.75, 3.05) is 18.8 Å². The zero-order valence-corrected chi connectivity index (χ0v) is 9.57. The number of nitrogen functional groups attached to an aromatic ring is 1. The van der Waals surface area contributed by atoms with E-state index < -0.39 is 0 Å². The fourth-order valence-electron chi connectivity index (χ4n) is 2.36. The maximum absolute atomic E-state index is 12.2. The van der Waals surface area contributed by atoms with Crippen molar-refractivity contribution in [1.82, 2.24) is 9.88 Å². The molecule has 4 nitrogen and oxygen atoms in total. The molecular weight excluding hydrogens is 214 g/mol. The number of aromatic nitrogens is 1. The SMILES string of the molecule is Nc1ccc2[nH]c(C(=O)N3CCCC3)cc2c1. The predicted octanol–water partition coefficient (Wildman–Crippen LogP) is 1.99. The summed E-state index contributed by atoms with van der Waals surface area (Å²) in [4.78, 5) is 17.2. The van der Waals surface area contributed by atoms with Crippen molar-refractivity contribution in [3.05, 3.63) is 30.0 Å². The van der Waals surface area contributed by atoms with Crippen LogP contribution in [0.15, 0.2) is 24.3 Å². The molecule has 2 aromatic rings. The molecule has 2 heterocycles. The molecule has 1 aliphatic heterocycles. The summed E-state index contributed by atoms with van der Waals surface area (Å²) in [5, 5.41) is 0.993. The minimum absolute atomic E-state index is 0.0947. The fraction of sp³-hybridized carbons (Fsp3) is 0.308. The van der Waals surface area contributed by atoms with E-state index >= 15 is 0 Å². The van der Waals surface area contributed by atoms with Gasteiger partial charge in [-0.15, -0.1) is 0 Å². The van der Waals surface area contributed by atoms with E-state index in [1.165, 1.54) is 0 Å². The van der Waals surface area contributed by atoms with Gasteiger partial charge in [0.05, 0.1) is 0 Å². The standard InChI is InChI=1S/C13H15N3O/c14-10-3-4-11-9(7-10)8-12(15-11)13(17)16-5-1-2-6-16/h3-4,7-8,15H,1-2,5-6,14H2. The monoisotopic (exact) mass is 229 g/mol. The van der Waals surface area contributed by atoms with E-state index in [0.29, 0.717) is 5.69 Å². The van der Waals surface area contributed by atoms with Crippen molar-refractivity contribution in [3.8, 4) is 0 Å². The fourth-order valence-corrected chi connectivity index (χ4v) is 2.36. The largest absolute Gasteiger partial charge is 0.399 e. The van der Waals surface area contributed by atoms with Crippen molar-refractivity contribution < 1.29 is 4.79 Å². The topological polar surface area (TPSA) is 62.1 Å². The van der Waals surface area contributed by atoms with Crippen LogP contribution < -0.4 is 5.73 Å². The number of carbonyl (C=O) groups is 1. The van der Waals surface area contributed by atoms with Crippen LogP contribution in [0.5, 0.6) is 0 Å². The molecule has 0 spiro atoms. The quantitative estimate of drug-likeness (QED) is 0.734. The minimum atomic E-state index is 0.0947. The summed E-state index contributed by atoms with van der Waals surface area (Å²) >= 11 is 0. The van der Waals surface area contributed by atoms with Gasteiger partial charge in [0.1, 0.15) is 5.69 Å². The van der Waals surface area contributed by atoms with Crippen LogP contribution in [0, 0.1) is 0 Å². The molecule has 0 saturated carbocycles. The van der Waals surface area contributed by atoms with Crippen LogP contribution in [-0.2, 0) is 0 Å². The first-order valence-electron chi connectivity index (χ1n) is 5.91. The van der Waals surface area contributed by atoms with Gasteiger partial charge in [-0.05, 0) is 37.1 Å². The number of amides is 1. The predicted molar refractivity (Wildman–Crippen MR) is 67.8 cm³/mol. The third-order valence-corrected chi connectivity index (χ3v) is 3.27. The van der Waals surface area contributed by atoms with E-state index in [-0.39, 0.29) is 5.91 Å². The Kier molecular flexibility index (Phi) is 2.28. The van der Waals surface area contributed by atoms with Crippen LogP contribution in [0.3, 0.4) is 0 Å². The molecular formula is C13H15N3O. The molecule has 1 saturated heterocycles. The molecule has 17 heavy (non-hydrogen) atoms. The molecule has 1 aromatic carbocycles. The second kappa shape index (κ2) is 3.80. The Hall–Kier alpha value is -1.97. The van der Waals surface area contributed by atoms with Crippen LogP contribution in [0.4, 0.5) is 5.69 Å². The third kappa shape index (κ3) is 1.75. The van der Waals surface area contributed by atoms with Gasteiger partial charge in [-0.3, -0.25) is 4.79 Å². The van der Waals surface area contributed by atoms with Gasteiger partial charge in [0.25, 0.3) is 5.91 Å². The van der Waals surface area contributed by atoms with Gasteiger partial charge in [-0.1, -0.05) is 0 Å². The molecule has 4 heteroatoms. The number of likely N-dealkylation sites (tertiary alicyclic amines) is 1. The van der Waals surface area contributed by atoms with Crippen molar-refractivity contribution in [2.24, 2.45) is 0 Å². The van der Waals surface area contributed by atoms with Crippen molar-refractivity contribution in [1.29, 1.82) is 0 Å². The number of hydrogen-bond acceptors (Lipinski definition) is 2. The number of benzene rings is 1. The lowest BCUT2D eigenvalue weighted by molar-refractivity contribution is 0.0788. The molecule has 0 atom stereocenters. The Morgan fingerprint density at radius 3 is 2.76 bits per heavy atom. The average Bonchev–Trinajstić information content (AvgIpc) is 2.96. The Morgan fingerprint density at radius 2 is 2.00 bits per heavy atom. The summed E-state index contributed by atoms with van der Waals surface area (Å²) in [5.41, 5.74) is 8.06. The summed E-state index contributed by atoms with van der Waals surface area (Å²) < 4.78 is 0. The molecule has 3 rings (SSSR count). The molecule has 1 aromatic heterocycles. The molecule has 0 unspecified atom stereocenters. The number of anilines is 1. The maximum atomic E-state index is 12.2. The zero-order valence-electron chi connectivity index (χ0n) is 9.57. The number of aromatic amines is 1. The van der Waals surface area contributed by atoms with Crippen LogP contribution in [0.2, 0.25) is 0 Å². The normalized spacial score (nSPS) is 15.6. The summed E-state index contributed by atoms with van der Waals surface area (Å²) in [6, 6.07) is 7.51.